The van der Waals surface area contributed by atoms with E-state index in [1.54, 1.807) is 12.3 Å². The molecule has 0 unspecified atom stereocenters. The van der Waals surface area contributed by atoms with Crippen LogP contribution < -0.4 is 15.6 Å². The van der Waals surface area contributed by atoms with Crippen LogP contribution in [0, 0.1) is 0 Å². The molecule has 2 aromatic heterocycles. The zero-order valence-electron chi connectivity index (χ0n) is 13.3. The Bertz CT molecular complexity index is 1010. The summed E-state index contributed by atoms with van der Waals surface area (Å²) in [7, 11) is 0. The van der Waals surface area contributed by atoms with Crippen molar-refractivity contribution in [1.82, 2.24) is 9.38 Å². The number of nitrogens with one attached hydrogen (secondary N) is 1. The lowest BCUT2D eigenvalue weighted by Crippen LogP contribution is -2.28. The fourth-order valence-corrected chi connectivity index (χ4v) is 3.06. The molecular weight excluding hydrogens is 371 g/mol. The van der Waals surface area contributed by atoms with Crippen molar-refractivity contribution in [3.63, 3.8) is 0 Å². The molecule has 0 aliphatic carbocycles. The highest BCUT2D eigenvalue weighted by molar-refractivity contribution is 7.15. The van der Waals surface area contributed by atoms with Gasteiger partial charge in [-0.25, -0.2) is 4.98 Å². The molecule has 3 rings (SSSR count). The highest BCUT2D eigenvalue weighted by atomic mass is 32.1. The monoisotopic (exact) mass is 383 g/mol. The second-order valence-electron chi connectivity index (χ2n) is 5.17. The molecule has 0 aliphatic rings. The lowest BCUT2D eigenvalue weighted by molar-refractivity contribution is -0.274. The number of benzene rings is 1. The van der Waals surface area contributed by atoms with Crippen LogP contribution in [0.2, 0.25) is 0 Å². The summed E-state index contributed by atoms with van der Waals surface area (Å²) in [5.74, 6) is -1.09. The number of ether oxygens (including phenoxy) is 1. The van der Waals surface area contributed by atoms with E-state index in [-0.39, 0.29) is 11.3 Å². The molecule has 0 radical (unpaired) electrons. The van der Waals surface area contributed by atoms with E-state index in [0.29, 0.717) is 17.1 Å². The Balaban J connectivity index is 1.87. The molecular formula is C16H12F3N3O3S. The van der Waals surface area contributed by atoms with Gasteiger partial charge in [0.2, 0.25) is 0 Å². The van der Waals surface area contributed by atoms with Crippen molar-refractivity contribution >= 4 is 27.9 Å². The average molecular weight is 383 g/mol. The number of amides is 1. The highest BCUT2D eigenvalue weighted by Gasteiger charge is 2.31. The van der Waals surface area contributed by atoms with Gasteiger partial charge in [-0.05, 0) is 30.7 Å². The minimum absolute atomic E-state index is 0.0981. The van der Waals surface area contributed by atoms with Gasteiger partial charge in [0.15, 0.2) is 4.96 Å². The van der Waals surface area contributed by atoms with E-state index < -0.39 is 23.6 Å². The molecule has 0 saturated carbocycles. The van der Waals surface area contributed by atoms with Gasteiger partial charge in [-0.2, -0.15) is 0 Å². The Morgan fingerprint density at radius 3 is 2.62 bits per heavy atom. The number of halogens is 3. The number of anilines is 1. The van der Waals surface area contributed by atoms with E-state index in [0.717, 1.165) is 12.1 Å². The summed E-state index contributed by atoms with van der Waals surface area (Å²) < 4.78 is 41.5. The molecule has 1 amide bonds. The minimum Gasteiger partial charge on any atom is -0.406 e. The van der Waals surface area contributed by atoms with Crippen molar-refractivity contribution in [2.75, 3.05) is 5.32 Å². The van der Waals surface area contributed by atoms with E-state index >= 15 is 0 Å². The molecule has 6 nitrogen and oxygen atoms in total. The number of carbonyl (C=O) groups excluding carboxylic acids is 1. The number of fused-ring (bicyclic) bond motifs is 1. The van der Waals surface area contributed by atoms with Crippen molar-refractivity contribution < 1.29 is 22.7 Å². The number of thiazole rings is 1. The van der Waals surface area contributed by atoms with E-state index in [9.17, 15) is 22.8 Å². The van der Waals surface area contributed by atoms with Crippen molar-refractivity contribution in [3.05, 3.63) is 57.5 Å². The van der Waals surface area contributed by atoms with Crippen molar-refractivity contribution in [3.8, 4) is 5.75 Å². The molecule has 0 fully saturated rings. The van der Waals surface area contributed by atoms with Gasteiger partial charge in [0.25, 0.3) is 11.5 Å². The Morgan fingerprint density at radius 1 is 1.31 bits per heavy atom. The zero-order chi connectivity index (χ0) is 18.9. The van der Waals surface area contributed by atoms with Crippen LogP contribution in [0.5, 0.6) is 5.75 Å². The topological polar surface area (TPSA) is 72.7 Å². The van der Waals surface area contributed by atoms with Gasteiger partial charge in [0.05, 0.1) is 5.69 Å². The van der Waals surface area contributed by atoms with Crippen LogP contribution in [0.1, 0.15) is 23.0 Å². The molecule has 26 heavy (non-hydrogen) atoms. The summed E-state index contributed by atoms with van der Waals surface area (Å²) >= 11 is 1.28. The average Bonchev–Trinajstić information content (AvgIpc) is 3.03. The maximum atomic E-state index is 12.5. The smallest absolute Gasteiger partial charge is 0.406 e. The summed E-state index contributed by atoms with van der Waals surface area (Å²) in [6.45, 7) is 1.77. The molecule has 0 saturated heterocycles. The minimum atomic E-state index is -4.79. The normalized spacial score (nSPS) is 11.5. The Morgan fingerprint density at radius 2 is 2.00 bits per heavy atom. The third-order valence-electron chi connectivity index (χ3n) is 3.45. The quantitative estimate of drug-likeness (QED) is 0.749. The van der Waals surface area contributed by atoms with Gasteiger partial charge < -0.3 is 10.1 Å². The summed E-state index contributed by atoms with van der Waals surface area (Å²) in [5.41, 5.74) is -0.0185. The van der Waals surface area contributed by atoms with Crippen LogP contribution in [0.4, 0.5) is 18.9 Å². The standard InChI is InChI=1S/C16H12F3N3O3S/c1-2-11-12(14(24)22-7-8-26-15(22)21-11)13(23)20-9-3-5-10(6-4-9)25-16(17,18)19/h3-8H,2H2,1H3,(H,20,23). The van der Waals surface area contributed by atoms with Crippen molar-refractivity contribution in [1.29, 1.82) is 0 Å². The Kier molecular flexibility index (Phi) is 4.68. The van der Waals surface area contributed by atoms with E-state index in [1.807, 2.05) is 0 Å². The van der Waals surface area contributed by atoms with Gasteiger partial charge in [0.1, 0.15) is 11.3 Å². The SMILES string of the molecule is CCc1nc2sccn2c(=O)c1C(=O)Nc1ccc(OC(F)(F)F)cc1. The van der Waals surface area contributed by atoms with E-state index in [4.69, 9.17) is 0 Å². The predicted molar refractivity (Wildman–Crippen MR) is 89.8 cm³/mol. The number of alkyl halides is 3. The first kappa shape index (κ1) is 17.9. The van der Waals surface area contributed by atoms with Crippen LogP contribution >= 0.6 is 11.3 Å². The fraction of sp³-hybridized carbons (Fsp3) is 0.188. The molecule has 0 spiro atoms. The van der Waals surface area contributed by atoms with Gasteiger partial charge >= 0.3 is 6.36 Å². The van der Waals surface area contributed by atoms with E-state index in [1.165, 1.54) is 34.1 Å². The molecule has 0 bridgehead atoms. The number of nitrogens with zero attached hydrogens (tertiary/aromatic N) is 2. The molecule has 2 heterocycles. The van der Waals surface area contributed by atoms with Gasteiger partial charge in [-0.3, -0.25) is 14.0 Å². The van der Waals surface area contributed by atoms with Gasteiger partial charge in [-0.15, -0.1) is 24.5 Å². The van der Waals surface area contributed by atoms with Crippen LogP contribution in [-0.2, 0) is 6.42 Å². The first-order chi connectivity index (χ1) is 12.3. The molecule has 1 aromatic carbocycles. The number of aryl methyl sites for hydroxylation is 1. The van der Waals surface area contributed by atoms with E-state index in [2.05, 4.69) is 15.0 Å². The highest BCUT2D eigenvalue weighted by Crippen LogP contribution is 2.24. The van der Waals surface area contributed by atoms with Crippen molar-refractivity contribution in [2.24, 2.45) is 0 Å². The largest absolute Gasteiger partial charge is 0.573 e. The first-order valence-corrected chi connectivity index (χ1v) is 8.32. The Hall–Kier alpha value is -2.88. The third kappa shape index (κ3) is 3.69. The molecule has 0 atom stereocenters. The van der Waals surface area contributed by atoms with Gasteiger partial charge in [-0.1, -0.05) is 6.92 Å². The number of rotatable bonds is 4. The van der Waals surface area contributed by atoms with Gasteiger partial charge in [0, 0.05) is 17.3 Å². The third-order valence-corrected chi connectivity index (χ3v) is 4.21. The second-order valence-corrected chi connectivity index (χ2v) is 6.05. The molecule has 3 aromatic rings. The number of carbonyl (C=O) groups is 1. The summed E-state index contributed by atoms with van der Waals surface area (Å²) in [6.07, 6.45) is -2.89. The van der Waals surface area contributed by atoms with Crippen LogP contribution in [0.15, 0.2) is 40.6 Å². The van der Waals surface area contributed by atoms with Crippen LogP contribution in [0.3, 0.4) is 0 Å². The maximum absolute atomic E-state index is 12.5. The van der Waals surface area contributed by atoms with Crippen LogP contribution in [0.25, 0.3) is 4.96 Å². The summed E-state index contributed by atoms with van der Waals surface area (Å²) in [4.78, 5) is 29.8. The lowest BCUT2D eigenvalue weighted by atomic mass is 10.1. The summed E-state index contributed by atoms with van der Waals surface area (Å²) in [6, 6.07) is 4.63. The number of aromatic nitrogens is 2. The predicted octanol–water partition coefficient (Wildman–Crippen LogP) is 3.47. The second kappa shape index (κ2) is 6.79. The molecule has 1 N–H and O–H groups in total. The summed E-state index contributed by atoms with van der Waals surface area (Å²) in [5, 5.41) is 4.18. The molecule has 10 heteroatoms. The van der Waals surface area contributed by atoms with Crippen molar-refractivity contribution in [2.45, 2.75) is 19.7 Å². The number of hydrogen-bond donors (Lipinski definition) is 1. The zero-order valence-corrected chi connectivity index (χ0v) is 14.1. The first-order valence-electron chi connectivity index (χ1n) is 7.44. The maximum Gasteiger partial charge on any atom is 0.573 e. The molecule has 136 valence electrons. The number of hydrogen-bond acceptors (Lipinski definition) is 5. The molecule has 0 aliphatic heterocycles. The Labute approximate surface area is 148 Å². The van der Waals surface area contributed by atoms with Crippen LogP contribution in [-0.4, -0.2) is 21.7 Å². The lowest BCUT2D eigenvalue weighted by Gasteiger charge is -2.11. The fourth-order valence-electron chi connectivity index (χ4n) is 2.34.